The predicted molar refractivity (Wildman–Crippen MR) is 166 cm³/mol. The van der Waals surface area contributed by atoms with Crippen LogP contribution >= 0.6 is 0 Å². The zero-order chi connectivity index (χ0) is 28.9. The summed E-state index contributed by atoms with van der Waals surface area (Å²) in [6.07, 6.45) is 11.4. The summed E-state index contributed by atoms with van der Waals surface area (Å²) in [5, 5.41) is 9.19. The van der Waals surface area contributed by atoms with E-state index < -0.39 is 0 Å². The molecule has 5 rings (SSSR count). The van der Waals surface area contributed by atoms with Gasteiger partial charge in [-0.1, -0.05) is 37.5 Å². The van der Waals surface area contributed by atoms with Crippen molar-refractivity contribution in [3.8, 4) is 17.2 Å². The van der Waals surface area contributed by atoms with Crippen LogP contribution < -0.4 is 14.4 Å². The van der Waals surface area contributed by atoms with Crippen LogP contribution in [-0.2, 0) is 19.4 Å². The molecule has 3 aromatic rings. The van der Waals surface area contributed by atoms with E-state index in [2.05, 4.69) is 16.7 Å². The van der Waals surface area contributed by atoms with Crippen molar-refractivity contribution in [1.82, 2.24) is 4.90 Å². The highest BCUT2D eigenvalue weighted by Gasteiger charge is 2.12. The second-order valence-electron chi connectivity index (χ2n) is 11.1. The summed E-state index contributed by atoms with van der Waals surface area (Å²) in [4.78, 5) is 4.64. The van der Waals surface area contributed by atoms with E-state index in [9.17, 15) is 9.50 Å². The lowest BCUT2D eigenvalue weighted by molar-refractivity contribution is 0.192. The second-order valence-corrected chi connectivity index (χ2v) is 11.1. The molecule has 3 aromatic carbocycles. The van der Waals surface area contributed by atoms with E-state index in [4.69, 9.17) is 9.47 Å². The molecule has 222 valence electrons. The van der Waals surface area contributed by atoms with Crippen LogP contribution in [0.25, 0.3) is 0 Å². The van der Waals surface area contributed by atoms with Gasteiger partial charge in [0.25, 0.3) is 0 Å². The smallest absolute Gasteiger partial charge is 0.165 e. The average Bonchev–Trinajstić information content (AvgIpc) is 2.98. The number of halogens is 1. The number of nitrogens with zero attached hydrogens (tertiary/aromatic N) is 2. The quantitative estimate of drug-likeness (QED) is 0.289. The number of hydrogen-bond donors (Lipinski definition) is 1. The first-order valence-electron chi connectivity index (χ1n) is 15.4. The van der Waals surface area contributed by atoms with Gasteiger partial charge in [0, 0.05) is 31.4 Å². The minimum atomic E-state index is -0.290. The molecule has 0 bridgehead atoms. The largest absolute Gasteiger partial charge is 0.508 e. The molecule has 0 atom stereocenters. The third-order valence-electron chi connectivity index (χ3n) is 8.12. The maximum Gasteiger partial charge on any atom is 0.165 e. The molecule has 5 nitrogen and oxygen atoms in total. The molecule has 0 saturated carbocycles. The maximum absolute atomic E-state index is 14.6. The van der Waals surface area contributed by atoms with E-state index in [0.717, 1.165) is 49.6 Å². The van der Waals surface area contributed by atoms with Gasteiger partial charge in [-0.3, -0.25) is 4.90 Å². The van der Waals surface area contributed by atoms with Gasteiger partial charge >= 0.3 is 0 Å². The average molecular weight is 563 g/mol. The Bertz CT molecular complexity index is 1210. The van der Waals surface area contributed by atoms with Crippen LogP contribution in [0.3, 0.4) is 0 Å². The highest BCUT2D eigenvalue weighted by Crippen LogP contribution is 2.26. The molecule has 2 aliphatic rings. The molecule has 0 amide bonds. The zero-order valence-corrected chi connectivity index (χ0v) is 24.9. The number of fused-ring (bicyclic) bond motifs is 1. The maximum atomic E-state index is 14.6. The standard InChI is InChI=1S/C25H35FN2O2.C10H12O/c1-3-28(22-10-9-11-23(19-22)29-2)20-21-12-13-25(24(26)18-21)30-17-16-27-14-7-5-4-6-8-15-27;11-10-6-5-8-3-1-2-4-9(8)7-10/h9-13,18-19H,3-8,14-17,20H2,1-2H3;5-7,11H,1-4H2. The molecule has 1 aliphatic heterocycles. The lowest BCUT2D eigenvalue weighted by Gasteiger charge is -2.25. The highest BCUT2D eigenvalue weighted by molar-refractivity contribution is 5.51. The first-order chi connectivity index (χ1) is 20.1. The number of likely N-dealkylation sites (tertiary alicyclic amines) is 1. The number of benzene rings is 3. The molecule has 0 aromatic heterocycles. The van der Waals surface area contributed by atoms with Crippen LogP contribution in [0.1, 0.15) is 68.6 Å². The lowest BCUT2D eigenvalue weighted by atomic mass is 9.92. The van der Waals surface area contributed by atoms with Gasteiger partial charge in [0.1, 0.15) is 18.1 Å². The molecule has 0 spiro atoms. The summed E-state index contributed by atoms with van der Waals surface area (Å²) in [6.45, 7) is 7.20. The molecule has 1 heterocycles. The fourth-order valence-corrected chi connectivity index (χ4v) is 5.71. The molecular formula is C35H47FN2O3. The van der Waals surface area contributed by atoms with Crippen molar-refractivity contribution in [2.75, 3.05) is 44.8 Å². The summed E-state index contributed by atoms with van der Waals surface area (Å²) in [5.74, 6) is 1.28. The van der Waals surface area contributed by atoms with Gasteiger partial charge in [0.15, 0.2) is 11.6 Å². The van der Waals surface area contributed by atoms with E-state index >= 15 is 0 Å². The first-order valence-corrected chi connectivity index (χ1v) is 15.4. The number of aryl methyl sites for hydroxylation is 2. The van der Waals surface area contributed by atoms with Crippen molar-refractivity contribution >= 4 is 5.69 Å². The monoisotopic (exact) mass is 562 g/mol. The van der Waals surface area contributed by atoms with Gasteiger partial charge in [0.2, 0.25) is 0 Å². The Morgan fingerprint density at radius 3 is 2.34 bits per heavy atom. The van der Waals surface area contributed by atoms with E-state index in [0.29, 0.717) is 24.7 Å². The summed E-state index contributed by atoms with van der Waals surface area (Å²) in [7, 11) is 1.66. The minimum absolute atomic E-state index is 0.290. The first kappa shape index (κ1) is 30.7. The normalized spacial score (nSPS) is 15.5. The summed E-state index contributed by atoms with van der Waals surface area (Å²) < 4.78 is 25.7. The molecule has 1 aliphatic carbocycles. The lowest BCUT2D eigenvalue weighted by Crippen LogP contribution is -2.31. The van der Waals surface area contributed by atoms with Crippen LogP contribution in [0, 0.1) is 5.82 Å². The van der Waals surface area contributed by atoms with Gasteiger partial charge in [0.05, 0.1) is 7.11 Å². The van der Waals surface area contributed by atoms with Crippen molar-refractivity contribution in [2.24, 2.45) is 0 Å². The fourth-order valence-electron chi connectivity index (χ4n) is 5.71. The van der Waals surface area contributed by atoms with Crippen LogP contribution in [0.2, 0.25) is 0 Å². The molecule has 41 heavy (non-hydrogen) atoms. The molecule has 1 saturated heterocycles. The summed E-state index contributed by atoms with van der Waals surface area (Å²) in [5.41, 5.74) is 4.75. The second kappa shape index (κ2) is 16.3. The van der Waals surface area contributed by atoms with Crippen molar-refractivity contribution in [3.63, 3.8) is 0 Å². The molecular weight excluding hydrogens is 515 g/mol. The molecule has 1 N–H and O–H groups in total. The number of phenols is 1. The third kappa shape index (κ3) is 9.67. The molecule has 6 heteroatoms. The number of aromatic hydroxyl groups is 1. The molecule has 0 unspecified atom stereocenters. The number of anilines is 1. The topological polar surface area (TPSA) is 45.2 Å². The third-order valence-corrected chi connectivity index (χ3v) is 8.12. The fraction of sp³-hybridized carbons (Fsp3) is 0.486. The summed E-state index contributed by atoms with van der Waals surface area (Å²) in [6, 6.07) is 19.0. The highest BCUT2D eigenvalue weighted by atomic mass is 19.1. The Hall–Kier alpha value is -3.25. The zero-order valence-electron chi connectivity index (χ0n) is 24.9. The number of hydrogen-bond acceptors (Lipinski definition) is 5. The molecule has 0 radical (unpaired) electrons. The van der Waals surface area contributed by atoms with Gasteiger partial charge in [-0.2, -0.15) is 0 Å². The van der Waals surface area contributed by atoms with Crippen molar-refractivity contribution in [3.05, 3.63) is 83.2 Å². The van der Waals surface area contributed by atoms with Crippen LogP contribution in [0.4, 0.5) is 10.1 Å². The van der Waals surface area contributed by atoms with Crippen LogP contribution in [0.5, 0.6) is 17.2 Å². The Morgan fingerprint density at radius 2 is 1.61 bits per heavy atom. The number of methoxy groups -OCH3 is 1. The van der Waals surface area contributed by atoms with Gasteiger partial charge < -0.3 is 19.5 Å². The molecule has 1 fully saturated rings. The Labute approximate surface area is 245 Å². The number of phenolic OH excluding ortho intramolecular Hbond substituents is 1. The van der Waals surface area contributed by atoms with Crippen LogP contribution in [0.15, 0.2) is 60.7 Å². The SMILES string of the molecule is CCN(Cc1ccc(OCCN2CCCCCCC2)c(F)c1)c1cccc(OC)c1.Oc1ccc2c(c1)CCCC2. The number of ether oxygens (including phenoxy) is 2. The summed E-state index contributed by atoms with van der Waals surface area (Å²) >= 11 is 0. The minimum Gasteiger partial charge on any atom is -0.508 e. The van der Waals surface area contributed by atoms with E-state index in [1.165, 1.54) is 62.5 Å². The number of rotatable bonds is 9. The Kier molecular flexibility index (Phi) is 12.2. The van der Waals surface area contributed by atoms with E-state index in [1.54, 1.807) is 25.3 Å². The van der Waals surface area contributed by atoms with Crippen molar-refractivity contribution in [1.29, 1.82) is 0 Å². The van der Waals surface area contributed by atoms with Gasteiger partial charge in [-0.05, 0) is 112 Å². The van der Waals surface area contributed by atoms with Crippen molar-refractivity contribution in [2.45, 2.75) is 71.3 Å². The Balaban J connectivity index is 0.000000291. The predicted octanol–water partition coefficient (Wildman–Crippen LogP) is 7.78. The van der Waals surface area contributed by atoms with Gasteiger partial charge in [-0.25, -0.2) is 4.39 Å². The van der Waals surface area contributed by atoms with Crippen LogP contribution in [-0.4, -0.2) is 49.9 Å². The van der Waals surface area contributed by atoms with Crippen molar-refractivity contribution < 1.29 is 19.0 Å². The Morgan fingerprint density at radius 1 is 0.854 bits per heavy atom. The van der Waals surface area contributed by atoms with Gasteiger partial charge in [-0.15, -0.1) is 0 Å². The van der Waals surface area contributed by atoms with E-state index in [-0.39, 0.29) is 5.82 Å². The van der Waals surface area contributed by atoms with E-state index in [1.807, 2.05) is 42.5 Å².